The minimum Gasteiger partial charge on any atom is -0.507 e. The summed E-state index contributed by atoms with van der Waals surface area (Å²) in [5.41, 5.74) is 2.87. The van der Waals surface area contributed by atoms with E-state index in [0.29, 0.717) is 36.0 Å². The summed E-state index contributed by atoms with van der Waals surface area (Å²) in [5.74, 6) is 0.383. The van der Waals surface area contributed by atoms with Crippen LogP contribution in [-0.4, -0.2) is 39.2 Å². The second-order valence-electron chi connectivity index (χ2n) is 7.82. The van der Waals surface area contributed by atoms with Crippen LogP contribution in [0.3, 0.4) is 0 Å². The van der Waals surface area contributed by atoms with Gasteiger partial charge in [-0.25, -0.2) is 0 Å². The third-order valence-corrected chi connectivity index (χ3v) is 5.42. The van der Waals surface area contributed by atoms with E-state index < -0.39 is 0 Å². The van der Waals surface area contributed by atoms with E-state index in [4.69, 9.17) is 0 Å². The Morgan fingerprint density at radius 2 is 1.85 bits per heavy atom. The van der Waals surface area contributed by atoms with Gasteiger partial charge in [0, 0.05) is 24.6 Å². The van der Waals surface area contributed by atoms with E-state index in [2.05, 4.69) is 36.2 Å². The zero-order valence-corrected chi connectivity index (χ0v) is 15.5. The molecule has 0 bridgehead atoms. The van der Waals surface area contributed by atoms with Crippen LogP contribution in [0.4, 0.5) is 0 Å². The molecule has 5 heteroatoms. The number of H-pyrrole nitrogens is 1. The van der Waals surface area contributed by atoms with Crippen LogP contribution in [0, 0.1) is 5.41 Å². The Morgan fingerprint density at radius 1 is 1.15 bits per heavy atom. The summed E-state index contributed by atoms with van der Waals surface area (Å²) in [6.45, 7) is 5.79. The maximum Gasteiger partial charge on any atom is 0.271 e. The van der Waals surface area contributed by atoms with Crippen molar-refractivity contribution in [1.29, 1.82) is 0 Å². The molecule has 1 aromatic heterocycles. The number of phenols is 1. The van der Waals surface area contributed by atoms with Crippen molar-refractivity contribution in [2.24, 2.45) is 5.41 Å². The molecule has 2 N–H and O–H groups in total. The van der Waals surface area contributed by atoms with Crippen molar-refractivity contribution in [1.82, 2.24) is 15.1 Å². The van der Waals surface area contributed by atoms with Gasteiger partial charge >= 0.3 is 0 Å². The Hall–Kier alpha value is -3.08. The number of carbonyl (C=O) groups excluding carboxylic acids is 1. The lowest BCUT2D eigenvalue weighted by atomic mass is 9.78. The molecule has 0 saturated carbocycles. The highest BCUT2D eigenvalue weighted by Crippen LogP contribution is 2.42. The third-order valence-electron chi connectivity index (χ3n) is 5.42. The largest absolute Gasteiger partial charge is 0.507 e. The molecule has 3 aromatic rings. The van der Waals surface area contributed by atoms with E-state index in [1.165, 1.54) is 5.56 Å². The number of aromatic amines is 1. The summed E-state index contributed by atoms with van der Waals surface area (Å²) in [4.78, 5) is 14.9. The van der Waals surface area contributed by atoms with Crippen molar-refractivity contribution < 1.29 is 9.90 Å². The number of likely N-dealkylation sites (tertiary alicyclic amines) is 1. The van der Waals surface area contributed by atoms with Gasteiger partial charge in [-0.2, -0.15) is 5.10 Å². The van der Waals surface area contributed by atoms with Crippen LogP contribution in [0.1, 0.15) is 35.8 Å². The molecule has 0 radical (unpaired) electrons. The van der Waals surface area contributed by atoms with Crippen molar-refractivity contribution in [3.8, 4) is 17.0 Å². The molecule has 2 aromatic carbocycles. The van der Waals surface area contributed by atoms with Crippen molar-refractivity contribution in [2.75, 3.05) is 13.1 Å². The molecular formula is C22H23N3O2. The van der Waals surface area contributed by atoms with E-state index in [-0.39, 0.29) is 17.1 Å². The SMILES string of the molecule is CC1(C)CN(C(=O)c2cc(-c3ccccc3O)n[nH]2)C[C@H]1c1ccccc1. The number of nitrogens with one attached hydrogen (secondary N) is 1. The first-order valence-electron chi connectivity index (χ1n) is 9.14. The van der Waals surface area contributed by atoms with Crippen molar-refractivity contribution in [3.63, 3.8) is 0 Å². The molecule has 2 heterocycles. The van der Waals surface area contributed by atoms with Gasteiger partial charge in [0.2, 0.25) is 0 Å². The molecule has 27 heavy (non-hydrogen) atoms. The Balaban J connectivity index is 1.57. The fourth-order valence-corrected chi connectivity index (χ4v) is 3.96. The van der Waals surface area contributed by atoms with Gasteiger partial charge in [0.15, 0.2) is 0 Å². The number of carbonyl (C=O) groups is 1. The highest BCUT2D eigenvalue weighted by molar-refractivity contribution is 5.94. The molecule has 1 atom stereocenters. The number of amides is 1. The van der Waals surface area contributed by atoms with Crippen molar-refractivity contribution in [3.05, 3.63) is 71.9 Å². The van der Waals surface area contributed by atoms with E-state index in [1.807, 2.05) is 29.2 Å². The molecule has 4 rings (SSSR count). The first-order chi connectivity index (χ1) is 13.0. The number of benzene rings is 2. The summed E-state index contributed by atoms with van der Waals surface area (Å²) < 4.78 is 0. The summed E-state index contributed by atoms with van der Waals surface area (Å²) >= 11 is 0. The van der Waals surface area contributed by atoms with Crippen LogP contribution in [-0.2, 0) is 0 Å². The number of hydrogen-bond acceptors (Lipinski definition) is 3. The normalized spacial score (nSPS) is 18.6. The maximum absolute atomic E-state index is 13.0. The van der Waals surface area contributed by atoms with Gasteiger partial charge in [-0.3, -0.25) is 9.89 Å². The average Bonchev–Trinajstić information content (AvgIpc) is 3.26. The number of nitrogens with zero attached hydrogens (tertiary/aromatic N) is 2. The maximum atomic E-state index is 13.0. The highest BCUT2D eigenvalue weighted by Gasteiger charge is 2.42. The fourth-order valence-electron chi connectivity index (χ4n) is 3.96. The molecule has 0 spiro atoms. The molecule has 5 nitrogen and oxygen atoms in total. The van der Waals surface area contributed by atoms with E-state index in [9.17, 15) is 9.90 Å². The van der Waals surface area contributed by atoms with Crippen LogP contribution in [0.15, 0.2) is 60.7 Å². The monoisotopic (exact) mass is 361 g/mol. The van der Waals surface area contributed by atoms with Crippen LogP contribution >= 0.6 is 0 Å². The van der Waals surface area contributed by atoms with Gasteiger partial charge < -0.3 is 10.0 Å². The van der Waals surface area contributed by atoms with E-state index >= 15 is 0 Å². The van der Waals surface area contributed by atoms with Crippen LogP contribution in [0.25, 0.3) is 11.3 Å². The standard InChI is InChI=1S/C22H23N3O2/c1-22(2)14-25(13-17(22)15-8-4-3-5-9-15)21(27)19-12-18(23-24-19)16-10-6-7-11-20(16)26/h3-12,17,26H,13-14H2,1-2H3,(H,23,24)/t17-/m0/s1. The highest BCUT2D eigenvalue weighted by atomic mass is 16.3. The second kappa shape index (κ2) is 6.58. The number of hydrogen-bond donors (Lipinski definition) is 2. The summed E-state index contributed by atoms with van der Waals surface area (Å²) in [5, 5.41) is 17.1. The van der Waals surface area contributed by atoms with Crippen LogP contribution in [0.2, 0.25) is 0 Å². The Morgan fingerprint density at radius 3 is 2.59 bits per heavy atom. The smallest absolute Gasteiger partial charge is 0.271 e. The number of para-hydroxylation sites is 1. The lowest BCUT2D eigenvalue weighted by Crippen LogP contribution is -2.30. The minimum atomic E-state index is -0.0596. The van der Waals surface area contributed by atoms with Gasteiger partial charge in [-0.1, -0.05) is 56.3 Å². The quantitative estimate of drug-likeness (QED) is 0.739. The Labute approximate surface area is 158 Å². The predicted octanol–water partition coefficient (Wildman–Crippen LogP) is 4.05. The Bertz CT molecular complexity index is 962. The second-order valence-corrected chi connectivity index (χ2v) is 7.82. The van der Waals surface area contributed by atoms with Crippen LogP contribution in [0.5, 0.6) is 5.75 Å². The van der Waals surface area contributed by atoms with Gasteiger partial charge in [0.05, 0.1) is 5.69 Å². The van der Waals surface area contributed by atoms with Gasteiger partial charge in [0.25, 0.3) is 5.91 Å². The summed E-state index contributed by atoms with van der Waals surface area (Å²) in [6.07, 6.45) is 0. The molecule has 1 fully saturated rings. The van der Waals surface area contributed by atoms with Gasteiger partial charge in [-0.15, -0.1) is 0 Å². The molecule has 1 saturated heterocycles. The molecule has 1 amide bonds. The topological polar surface area (TPSA) is 69.2 Å². The van der Waals surface area contributed by atoms with E-state index in [1.54, 1.807) is 24.3 Å². The third kappa shape index (κ3) is 3.21. The number of aromatic nitrogens is 2. The summed E-state index contributed by atoms with van der Waals surface area (Å²) in [7, 11) is 0. The number of phenolic OH excluding ortho intramolecular Hbond substituents is 1. The van der Waals surface area contributed by atoms with Crippen LogP contribution < -0.4 is 0 Å². The first-order valence-corrected chi connectivity index (χ1v) is 9.14. The molecule has 0 unspecified atom stereocenters. The Kier molecular flexibility index (Phi) is 4.22. The average molecular weight is 361 g/mol. The van der Waals surface area contributed by atoms with E-state index in [0.717, 1.165) is 0 Å². The fraction of sp³-hybridized carbons (Fsp3) is 0.273. The minimum absolute atomic E-state index is 0.00242. The zero-order valence-electron chi connectivity index (χ0n) is 15.5. The summed E-state index contributed by atoms with van der Waals surface area (Å²) in [6, 6.07) is 19.1. The predicted molar refractivity (Wildman–Crippen MR) is 105 cm³/mol. The lowest BCUT2D eigenvalue weighted by Gasteiger charge is -2.25. The molecule has 1 aliphatic heterocycles. The molecule has 138 valence electrons. The lowest BCUT2D eigenvalue weighted by molar-refractivity contribution is 0.0772. The van der Waals surface area contributed by atoms with Gasteiger partial charge in [-0.05, 0) is 29.2 Å². The first kappa shape index (κ1) is 17.3. The molecular weight excluding hydrogens is 338 g/mol. The van der Waals surface area contributed by atoms with Crippen molar-refractivity contribution in [2.45, 2.75) is 19.8 Å². The number of rotatable bonds is 3. The molecule has 1 aliphatic rings. The number of aromatic hydroxyl groups is 1. The zero-order chi connectivity index (χ0) is 19.0. The van der Waals surface area contributed by atoms with Crippen molar-refractivity contribution >= 4 is 5.91 Å². The molecule has 0 aliphatic carbocycles. The van der Waals surface area contributed by atoms with Gasteiger partial charge in [0.1, 0.15) is 11.4 Å².